The average molecular weight is 283 g/mol. The summed E-state index contributed by atoms with van der Waals surface area (Å²) in [5, 5.41) is 2.71. The van der Waals surface area contributed by atoms with Crippen LogP contribution in [-0.4, -0.2) is 6.61 Å². The Labute approximate surface area is 116 Å². The maximum absolute atomic E-state index is 5.90. The van der Waals surface area contributed by atoms with Gasteiger partial charge in [0.2, 0.25) is 0 Å². The molecule has 0 aliphatic carbocycles. The Bertz CT molecular complexity index is 515. The van der Waals surface area contributed by atoms with E-state index in [2.05, 4.69) is 18.4 Å². The number of ether oxygens (including phenoxy) is 1. The monoisotopic (exact) mass is 282 g/mol. The molecule has 0 aliphatic heterocycles. The van der Waals surface area contributed by atoms with Crippen LogP contribution in [0.1, 0.15) is 16.5 Å². The van der Waals surface area contributed by atoms with Gasteiger partial charge in [-0.1, -0.05) is 17.7 Å². The van der Waals surface area contributed by atoms with Gasteiger partial charge < -0.3 is 4.74 Å². The molecule has 1 aromatic carbocycles. The third-order valence-corrected chi connectivity index (χ3v) is 3.78. The molecule has 1 atom stereocenters. The SMILES string of the molecule is Cc1sccc1C(COc1cccc(Cl)c1)NN. The van der Waals surface area contributed by atoms with Gasteiger partial charge in [0.1, 0.15) is 12.4 Å². The first-order valence-corrected chi connectivity index (χ1v) is 6.85. The van der Waals surface area contributed by atoms with Gasteiger partial charge in [0.15, 0.2) is 0 Å². The summed E-state index contributed by atoms with van der Waals surface area (Å²) in [6.45, 7) is 2.54. The van der Waals surface area contributed by atoms with Crippen LogP contribution in [-0.2, 0) is 0 Å². The van der Waals surface area contributed by atoms with Crippen molar-refractivity contribution in [2.24, 2.45) is 5.84 Å². The van der Waals surface area contributed by atoms with Crippen LogP contribution in [0.3, 0.4) is 0 Å². The highest BCUT2D eigenvalue weighted by atomic mass is 35.5. The zero-order chi connectivity index (χ0) is 13.0. The van der Waals surface area contributed by atoms with Crippen LogP contribution in [0.2, 0.25) is 5.02 Å². The summed E-state index contributed by atoms with van der Waals surface area (Å²) in [6.07, 6.45) is 0. The van der Waals surface area contributed by atoms with E-state index in [1.165, 1.54) is 10.4 Å². The predicted octanol–water partition coefficient (Wildman–Crippen LogP) is 3.29. The Balaban J connectivity index is 2.02. The van der Waals surface area contributed by atoms with E-state index in [4.69, 9.17) is 22.2 Å². The highest BCUT2D eigenvalue weighted by molar-refractivity contribution is 7.10. The molecule has 96 valence electrons. The molecule has 0 fully saturated rings. The smallest absolute Gasteiger partial charge is 0.120 e. The van der Waals surface area contributed by atoms with Crippen LogP contribution < -0.4 is 16.0 Å². The number of nitrogens with two attached hydrogens (primary N) is 1. The normalized spacial score (nSPS) is 12.4. The number of nitrogens with one attached hydrogen (secondary N) is 1. The lowest BCUT2D eigenvalue weighted by Gasteiger charge is -2.17. The van der Waals surface area contributed by atoms with Gasteiger partial charge in [-0.05, 0) is 42.1 Å². The second-order valence-corrected chi connectivity index (χ2v) is 5.48. The van der Waals surface area contributed by atoms with Gasteiger partial charge in [-0.25, -0.2) is 5.43 Å². The lowest BCUT2D eigenvalue weighted by molar-refractivity contribution is 0.267. The third-order valence-electron chi connectivity index (χ3n) is 2.69. The second kappa shape index (κ2) is 6.20. The number of aryl methyl sites for hydroxylation is 1. The van der Waals surface area contributed by atoms with Crippen LogP contribution in [0.25, 0.3) is 0 Å². The van der Waals surface area contributed by atoms with Gasteiger partial charge in [0.25, 0.3) is 0 Å². The van der Waals surface area contributed by atoms with Crippen LogP contribution >= 0.6 is 22.9 Å². The summed E-state index contributed by atoms with van der Waals surface area (Å²) in [5.41, 5.74) is 3.95. The van der Waals surface area contributed by atoms with Crippen molar-refractivity contribution in [2.45, 2.75) is 13.0 Å². The van der Waals surface area contributed by atoms with Crippen molar-refractivity contribution in [3.8, 4) is 5.75 Å². The van der Waals surface area contributed by atoms with Crippen LogP contribution in [0, 0.1) is 6.92 Å². The Hall–Kier alpha value is -1.07. The van der Waals surface area contributed by atoms with Gasteiger partial charge in [-0.15, -0.1) is 11.3 Å². The molecule has 0 bridgehead atoms. The fourth-order valence-corrected chi connectivity index (χ4v) is 2.67. The van der Waals surface area contributed by atoms with E-state index in [-0.39, 0.29) is 6.04 Å². The lowest BCUT2D eigenvalue weighted by atomic mass is 10.1. The van der Waals surface area contributed by atoms with Crippen molar-refractivity contribution < 1.29 is 4.74 Å². The molecular weight excluding hydrogens is 268 g/mol. The number of thiophene rings is 1. The van der Waals surface area contributed by atoms with Crippen LogP contribution in [0.5, 0.6) is 5.75 Å². The minimum Gasteiger partial charge on any atom is -0.492 e. The third kappa shape index (κ3) is 3.23. The molecule has 1 unspecified atom stereocenters. The number of benzene rings is 1. The Morgan fingerprint density at radius 2 is 2.28 bits per heavy atom. The fraction of sp³-hybridized carbons (Fsp3) is 0.231. The molecule has 18 heavy (non-hydrogen) atoms. The van der Waals surface area contributed by atoms with Gasteiger partial charge >= 0.3 is 0 Å². The van der Waals surface area contributed by atoms with Crippen molar-refractivity contribution in [3.05, 3.63) is 51.2 Å². The van der Waals surface area contributed by atoms with Crippen molar-refractivity contribution >= 4 is 22.9 Å². The highest BCUT2D eigenvalue weighted by Gasteiger charge is 2.13. The van der Waals surface area contributed by atoms with E-state index in [0.29, 0.717) is 11.6 Å². The van der Waals surface area contributed by atoms with E-state index in [0.717, 1.165) is 5.75 Å². The molecule has 0 aliphatic rings. The van der Waals surface area contributed by atoms with E-state index in [9.17, 15) is 0 Å². The van der Waals surface area contributed by atoms with E-state index < -0.39 is 0 Å². The van der Waals surface area contributed by atoms with E-state index in [1.807, 2.05) is 23.6 Å². The quantitative estimate of drug-likeness (QED) is 0.653. The molecule has 2 rings (SSSR count). The van der Waals surface area contributed by atoms with Crippen molar-refractivity contribution in [1.82, 2.24) is 5.43 Å². The summed E-state index contributed by atoms with van der Waals surface area (Å²) >= 11 is 7.60. The van der Waals surface area contributed by atoms with Crippen LogP contribution in [0.4, 0.5) is 0 Å². The van der Waals surface area contributed by atoms with Crippen molar-refractivity contribution in [2.75, 3.05) is 6.61 Å². The fourth-order valence-electron chi connectivity index (χ4n) is 1.72. The Morgan fingerprint density at radius 1 is 1.44 bits per heavy atom. The Kier molecular flexibility index (Phi) is 4.60. The van der Waals surface area contributed by atoms with Gasteiger partial charge in [0, 0.05) is 9.90 Å². The zero-order valence-corrected chi connectivity index (χ0v) is 11.6. The average Bonchev–Trinajstić information content (AvgIpc) is 2.77. The molecule has 0 radical (unpaired) electrons. The first-order valence-electron chi connectivity index (χ1n) is 5.59. The summed E-state index contributed by atoms with van der Waals surface area (Å²) in [6, 6.07) is 9.38. The topological polar surface area (TPSA) is 47.3 Å². The number of hydrogen-bond acceptors (Lipinski definition) is 4. The maximum atomic E-state index is 5.90. The molecule has 0 spiro atoms. The molecule has 1 heterocycles. The molecule has 0 saturated heterocycles. The maximum Gasteiger partial charge on any atom is 0.120 e. The van der Waals surface area contributed by atoms with E-state index in [1.54, 1.807) is 17.4 Å². The first-order chi connectivity index (χ1) is 8.70. The molecule has 5 heteroatoms. The molecule has 3 nitrogen and oxygen atoms in total. The predicted molar refractivity (Wildman–Crippen MR) is 76.1 cm³/mol. The standard InChI is InChI=1S/C13H15ClN2OS/c1-9-12(5-6-18-9)13(16-15)8-17-11-4-2-3-10(14)7-11/h2-7,13,16H,8,15H2,1H3. The van der Waals surface area contributed by atoms with Gasteiger partial charge in [-0.2, -0.15) is 0 Å². The zero-order valence-electron chi connectivity index (χ0n) is 10.0. The highest BCUT2D eigenvalue weighted by Crippen LogP contribution is 2.24. The Morgan fingerprint density at radius 3 is 2.89 bits per heavy atom. The summed E-state index contributed by atoms with van der Waals surface area (Å²) in [5.74, 6) is 6.32. The molecule has 2 aromatic rings. The minimum atomic E-state index is -0.0183. The molecule has 1 aromatic heterocycles. The number of hydrogen-bond donors (Lipinski definition) is 2. The van der Waals surface area contributed by atoms with Gasteiger partial charge in [0.05, 0.1) is 6.04 Å². The van der Waals surface area contributed by atoms with Gasteiger partial charge in [-0.3, -0.25) is 5.84 Å². The lowest BCUT2D eigenvalue weighted by Crippen LogP contribution is -2.32. The number of rotatable bonds is 5. The molecule has 3 N–H and O–H groups in total. The van der Waals surface area contributed by atoms with E-state index >= 15 is 0 Å². The number of halogens is 1. The minimum absolute atomic E-state index is 0.0183. The molecule has 0 amide bonds. The summed E-state index contributed by atoms with van der Waals surface area (Å²) < 4.78 is 5.70. The second-order valence-electron chi connectivity index (χ2n) is 3.92. The summed E-state index contributed by atoms with van der Waals surface area (Å²) in [7, 11) is 0. The first kappa shape index (κ1) is 13.4. The van der Waals surface area contributed by atoms with Crippen molar-refractivity contribution in [3.63, 3.8) is 0 Å². The van der Waals surface area contributed by atoms with Crippen LogP contribution in [0.15, 0.2) is 35.7 Å². The summed E-state index contributed by atoms with van der Waals surface area (Å²) in [4.78, 5) is 1.24. The molecular formula is C13H15ClN2OS. The van der Waals surface area contributed by atoms with Crippen molar-refractivity contribution in [1.29, 1.82) is 0 Å². The largest absolute Gasteiger partial charge is 0.492 e. The molecule has 0 saturated carbocycles. The number of hydrazine groups is 1.